The van der Waals surface area contributed by atoms with Gasteiger partial charge in [-0.25, -0.2) is 9.37 Å². The van der Waals surface area contributed by atoms with Crippen molar-refractivity contribution in [2.45, 2.75) is 6.54 Å². The summed E-state index contributed by atoms with van der Waals surface area (Å²) < 4.78 is 15.3. The molecule has 0 fully saturated rings. The third kappa shape index (κ3) is 3.10. The largest absolute Gasteiger partial charge is 0.335 e. The Hall–Kier alpha value is -1.92. The minimum Gasteiger partial charge on any atom is -0.335 e. The summed E-state index contributed by atoms with van der Waals surface area (Å²) in [7, 11) is 0. The molecule has 1 amide bonds. The highest BCUT2D eigenvalue weighted by Gasteiger charge is 2.13. The Morgan fingerprint density at radius 2 is 2.32 bits per heavy atom. The number of nitrogens with one attached hydrogen (secondary N) is 1. The average Bonchev–Trinajstić information content (AvgIpc) is 2.84. The second-order valence-electron chi connectivity index (χ2n) is 3.84. The first-order valence-corrected chi connectivity index (χ1v) is 5.97. The molecule has 100 valence electrons. The molecule has 1 aromatic carbocycles. The Kier molecular flexibility index (Phi) is 4.13. The van der Waals surface area contributed by atoms with Crippen LogP contribution in [0.1, 0.15) is 10.5 Å². The van der Waals surface area contributed by atoms with Crippen molar-refractivity contribution >= 4 is 23.2 Å². The first-order chi connectivity index (χ1) is 9.11. The monoisotopic (exact) mass is 282 g/mol. The summed E-state index contributed by atoms with van der Waals surface area (Å²) in [5, 5.41) is 2.37. The molecule has 0 bridgehead atoms. The number of hydrogen-bond acceptors (Lipinski definition) is 3. The number of nitrogens with two attached hydrogens (primary N) is 1. The number of anilines is 1. The van der Waals surface area contributed by atoms with E-state index in [2.05, 4.69) is 10.3 Å². The first kappa shape index (κ1) is 13.5. The molecule has 19 heavy (non-hydrogen) atoms. The summed E-state index contributed by atoms with van der Waals surface area (Å²) in [6.45, 7) is 1.01. The van der Waals surface area contributed by atoms with Crippen LogP contribution < -0.4 is 11.1 Å². The summed E-state index contributed by atoms with van der Waals surface area (Å²) in [6, 6.07) is 4.38. The highest BCUT2D eigenvalue weighted by molar-refractivity contribution is 6.31. The normalized spacial score (nSPS) is 10.5. The molecule has 0 aliphatic heterocycles. The molecule has 0 saturated heterocycles. The maximum atomic E-state index is 13.6. The summed E-state index contributed by atoms with van der Waals surface area (Å²) in [6.07, 6.45) is 3.04. The Balaban J connectivity index is 2.14. The van der Waals surface area contributed by atoms with Crippen molar-refractivity contribution in [3.63, 3.8) is 0 Å². The van der Waals surface area contributed by atoms with Gasteiger partial charge in [0.25, 0.3) is 5.91 Å². The molecule has 0 unspecified atom stereocenters. The van der Waals surface area contributed by atoms with E-state index in [1.807, 2.05) is 0 Å². The number of aromatic nitrogens is 2. The zero-order valence-electron chi connectivity index (χ0n) is 9.94. The van der Waals surface area contributed by atoms with Crippen molar-refractivity contribution in [3.8, 4) is 0 Å². The molecule has 0 spiro atoms. The molecule has 7 heteroatoms. The van der Waals surface area contributed by atoms with Crippen molar-refractivity contribution in [3.05, 3.63) is 47.3 Å². The van der Waals surface area contributed by atoms with Crippen molar-refractivity contribution in [2.24, 2.45) is 5.73 Å². The predicted molar refractivity (Wildman–Crippen MR) is 70.6 cm³/mol. The van der Waals surface area contributed by atoms with Crippen molar-refractivity contribution in [1.82, 2.24) is 9.55 Å². The third-order valence-electron chi connectivity index (χ3n) is 2.45. The van der Waals surface area contributed by atoms with Gasteiger partial charge in [0.05, 0.1) is 17.0 Å². The van der Waals surface area contributed by atoms with E-state index in [0.717, 1.165) is 0 Å². The number of benzene rings is 1. The second kappa shape index (κ2) is 5.81. The lowest BCUT2D eigenvalue weighted by atomic mass is 10.3. The Bertz CT molecular complexity index is 599. The molecule has 0 radical (unpaired) electrons. The summed E-state index contributed by atoms with van der Waals surface area (Å²) in [4.78, 5) is 15.8. The van der Waals surface area contributed by atoms with Crippen LogP contribution in [0.4, 0.5) is 10.1 Å². The summed E-state index contributed by atoms with van der Waals surface area (Å²) in [5.74, 6) is -1.17. The van der Waals surface area contributed by atoms with E-state index < -0.39 is 11.7 Å². The van der Waals surface area contributed by atoms with Gasteiger partial charge in [-0.3, -0.25) is 4.79 Å². The number of rotatable bonds is 4. The van der Waals surface area contributed by atoms with Gasteiger partial charge in [-0.2, -0.15) is 0 Å². The van der Waals surface area contributed by atoms with Crippen LogP contribution in [0.15, 0.2) is 30.7 Å². The summed E-state index contributed by atoms with van der Waals surface area (Å²) >= 11 is 5.63. The van der Waals surface area contributed by atoms with Crippen molar-refractivity contribution in [2.75, 3.05) is 11.9 Å². The van der Waals surface area contributed by atoms with Gasteiger partial charge in [-0.05, 0) is 12.1 Å². The van der Waals surface area contributed by atoms with E-state index >= 15 is 0 Å². The van der Waals surface area contributed by atoms with E-state index in [4.69, 9.17) is 17.3 Å². The Morgan fingerprint density at radius 1 is 1.53 bits per heavy atom. The van der Waals surface area contributed by atoms with E-state index in [0.29, 0.717) is 13.1 Å². The molecule has 0 atom stereocenters. The molecular formula is C12H12ClFN4O. The van der Waals surface area contributed by atoms with Gasteiger partial charge in [0.15, 0.2) is 5.82 Å². The van der Waals surface area contributed by atoms with Crippen LogP contribution in [-0.4, -0.2) is 22.0 Å². The fourth-order valence-corrected chi connectivity index (χ4v) is 1.71. The molecule has 3 N–H and O–H groups in total. The minimum atomic E-state index is -0.668. The van der Waals surface area contributed by atoms with Gasteiger partial charge >= 0.3 is 0 Å². The number of carbonyl (C=O) groups is 1. The van der Waals surface area contributed by atoms with Crippen LogP contribution >= 0.6 is 11.6 Å². The molecule has 0 saturated carbocycles. The standard InChI is InChI=1S/C12H12ClFN4O/c13-8-2-1-3-9(11(8)14)17-12(19)10-6-18(5-4-15)7-16-10/h1-3,6-7H,4-5,15H2,(H,17,19). The fourth-order valence-electron chi connectivity index (χ4n) is 1.54. The highest BCUT2D eigenvalue weighted by Crippen LogP contribution is 2.22. The Labute approximate surface area is 114 Å². The zero-order valence-corrected chi connectivity index (χ0v) is 10.7. The molecule has 1 aromatic heterocycles. The van der Waals surface area contributed by atoms with E-state index in [-0.39, 0.29) is 16.4 Å². The average molecular weight is 283 g/mol. The van der Waals surface area contributed by atoms with Gasteiger partial charge in [0, 0.05) is 19.3 Å². The fraction of sp³-hybridized carbons (Fsp3) is 0.167. The maximum Gasteiger partial charge on any atom is 0.275 e. The summed E-state index contributed by atoms with van der Waals surface area (Å²) in [5.41, 5.74) is 5.60. The molecule has 2 aromatic rings. The van der Waals surface area contributed by atoms with Crippen LogP contribution in [-0.2, 0) is 6.54 Å². The SMILES string of the molecule is NCCn1cnc(C(=O)Nc2cccc(Cl)c2F)c1. The maximum absolute atomic E-state index is 13.6. The number of hydrogen-bond donors (Lipinski definition) is 2. The lowest BCUT2D eigenvalue weighted by Gasteiger charge is -2.05. The smallest absolute Gasteiger partial charge is 0.275 e. The van der Waals surface area contributed by atoms with E-state index in [1.165, 1.54) is 18.5 Å². The molecule has 1 heterocycles. The van der Waals surface area contributed by atoms with E-state index in [9.17, 15) is 9.18 Å². The van der Waals surface area contributed by atoms with Gasteiger partial charge < -0.3 is 15.6 Å². The second-order valence-corrected chi connectivity index (χ2v) is 4.25. The van der Waals surface area contributed by atoms with Crippen LogP contribution in [0.2, 0.25) is 5.02 Å². The molecule has 2 rings (SSSR count). The van der Waals surface area contributed by atoms with Crippen molar-refractivity contribution in [1.29, 1.82) is 0 Å². The van der Waals surface area contributed by atoms with Gasteiger partial charge in [-0.1, -0.05) is 17.7 Å². The molecular weight excluding hydrogens is 271 g/mol. The lowest BCUT2D eigenvalue weighted by molar-refractivity contribution is 0.102. The predicted octanol–water partition coefficient (Wildman–Crippen LogP) is 1.89. The molecule has 0 aliphatic carbocycles. The quantitative estimate of drug-likeness (QED) is 0.899. The topological polar surface area (TPSA) is 72.9 Å². The molecule has 0 aliphatic rings. The number of nitrogens with zero attached hydrogens (tertiary/aromatic N) is 2. The number of amides is 1. The van der Waals surface area contributed by atoms with Crippen LogP contribution in [0.5, 0.6) is 0 Å². The zero-order chi connectivity index (χ0) is 13.8. The lowest BCUT2D eigenvalue weighted by Crippen LogP contribution is -2.14. The molecule has 5 nitrogen and oxygen atoms in total. The van der Waals surface area contributed by atoms with Crippen LogP contribution in [0.3, 0.4) is 0 Å². The Morgan fingerprint density at radius 3 is 3.05 bits per heavy atom. The van der Waals surface area contributed by atoms with Crippen LogP contribution in [0, 0.1) is 5.82 Å². The van der Waals surface area contributed by atoms with Crippen LogP contribution in [0.25, 0.3) is 0 Å². The van der Waals surface area contributed by atoms with Crippen molar-refractivity contribution < 1.29 is 9.18 Å². The number of carbonyl (C=O) groups excluding carboxylic acids is 1. The van der Waals surface area contributed by atoms with Gasteiger partial charge in [0.2, 0.25) is 0 Å². The minimum absolute atomic E-state index is 0.0193. The third-order valence-corrected chi connectivity index (χ3v) is 2.74. The highest BCUT2D eigenvalue weighted by atomic mass is 35.5. The number of imidazole rings is 1. The van der Waals surface area contributed by atoms with Gasteiger partial charge in [-0.15, -0.1) is 0 Å². The van der Waals surface area contributed by atoms with Gasteiger partial charge in [0.1, 0.15) is 5.69 Å². The first-order valence-electron chi connectivity index (χ1n) is 5.59. The number of halogens is 2. The van der Waals surface area contributed by atoms with E-state index in [1.54, 1.807) is 16.8 Å².